The number of aromatic nitrogens is 4. The quantitative estimate of drug-likeness (QED) is 0.850. The molecule has 1 atom stereocenters. The highest BCUT2D eigenvalue weighted by molar-refractivity contribution is 5.11. The number of rotatable bonds is 5. The van der Waals surface area contributed by atoms with E-state index in [0.717, 1.165) is 32.8 Å². The van der Waals surface area contributed by atoms with Gasteiger partial charge in [0.25, 0.3) is 0 Å². The van der Waals surface area contributed by atoms with Crippen LogP contribution in [0.5, 0.6) is 0 Å². The van der Waals surface area contributed by atoms with Crippen LogP contribution in [0.2, 0.25) is 0 Å². The summed E-state index contributed by atoms with van der Waals surface area (Å²) in [5.41, 5.74) is 2.43. The zero-order chi connectivity index (χ0) is 15.5. The highest BCUT2D eigenvalue weighted by atomic mass is 16.5. The van der Waals surface area contributed by atoms with Crippen molar-refractivity contribution in [2.24, 2.45) is 0 Å². The number of morpholine rings is 1. The van der Waals surface area contributed by atoms with Crippen molar-refractivity contribution < 1.29 is 4.74 Å². The summed E-state index contributed by atoms with van der Waals surface area (Å²) in [4.78, 5) is 2.43. The van der Waals surface area contributed by atoms with Gasteiger partial charge >= 0.3 is 0 Å². The van der Waals surface area contributed by atoms with E-state index in [0.29, 0.717) is 6.04 Å². The Morgan fingerprint density at radius 2 is 2.14 bits per heavy atom. The fourth-order valence-electron chi connectivity index (χ4n) is 2.77. The summed E-state index contributed by atoms with van der Waals surface area (Å²) in [6, 6.07) is 0.408. The lowest BCUT2D eigenvalue weighted by molar-refractivity contribution is -0.0329. The molecule has 3 heterocycles. The minimum Gasteiger partial charge on any atom is -0.371 e. The Hall–Kier alpha value is -1.66. The smallest absolute Gasteiger partial charge is 0.0982 e. The summed E-state index contributed by atoms with van der Waals surface area (Å²) in [7, 11) is 0. The molecule has 120 valence electrons. The van der Waals surface area contributed by atoms with E-state index in [-0.39, 0.29) is 6.10 Å². The van der Waals surface area contributed by atoms with Crippen molar-refractivity contribution in [1.82, 2.24) is 24.5 Å². The molecule has 0 spiro atoms. The topological polar surface area (TPSA) is 48.1 Å². The van der Waals surface area contributed by atoms with Gasteiger partial charge in [0.1, 0.15) is 0 Å². The summed E-state index contributed by atoms with van der Waals surface area (Å²) >= 11 is 0. The number of nitrogens with zero attached hydrogens (tertiary/aromatic N) is 5. The van der Waals surface area contributed by atoms with Crippen molar-refractivity contribution in [3.63, 3.8) is 0 Å². The number of hydrogen-bond acceptors (Lipinski definition) is 4. The summed E-state index contributed by atoms with van der Waals surface area (Å²) in [6.45, 7) is 10.8. The van der Waals surface area contributed by atoms with Crippen molar-refractivity contribution >= 4 is 0 Å². The lowest BCUT2D eigenvalue weighted by atomic mass is 10.1. The van der Waals surface area contributed by atoms with Gasteiger partial charge in [0.05, 0.1) is 25.1 Å². The molecule has 0 bridgehead atoms. The molecule has 1 saturated heterocycles. The second kappa shape index (κ2) is 6.62. The van der Waals surface area contributed by atoms with Gasteiger partial charge in [-0.05, 0) is 20.8 Å². The van der Waals surface area contributed by atoms with Crippen LogP contribution >= 0.6 is 0 Å². The number of hydrogen-bond donors (Lipinski definition) is 0. The predicted octanol–water partition coefficient (Wildman–Crippen LogP) is 2.25. The largest absolute Gasteiger partial charge is 0.371 e. The molecule has 0 N–H and O–H groups in total. The van der Waals surface area contributed by atoms with Crippen LogP contribution in [-0.2, 0) is 17.8 Å². The van der Waals surface area contributed by atoms with Gasteiger partial charge in [-0.3, -0.25) is 14.3 Å². The first-order valence-electron chi connectivity index (χ1n) is 8.05. The molecule has 0 aromatic carbocycles. The minimum absolute atomic E-state index is 0.120. The zero-order valence-electron chi connectivity index (χ0n) is 13.6. The van der Waals surface area contributed by atoms with Gasteiger partial charge in [-0.2, -0.15) is 10.2 Å². The Kier molecular flexibility index (Phi) is 4.59. The summed E-state index contributed by atoms with van der Waals surface area (Å²) in [6.07, 6.45) is 8.25. The first kappa shape index (κ1) is 15.2. The lowest BCUT2D eigenvalue weighted by Crippen LogP contribution is -2.37. The molecular weight excluding hydrogens is 278 g/mol. The van der Waals surface area contributed by atoms with Gasteiger partial charge in [-0.25, -0.2) is 0 Å². The molecule has 3 rings (SSSR count). The van der Waals surface area contributed by atoms with Crippen LogP contribution in [0.4, 0.5) is 0 Å². The number of ether oxygens (including phenoxy) is 1. The van der Waals surface area contributed by atoms with E-state index in [1.807, 2.05) is 21.8 Å². The van der Waals surface area contributed by atoms with Gasteiger partial charge in [0.15, 0.2) is 0 Å². The molecule has 0 aliphatic carbocycles. The molecule has 2 aromatic heterocycles. The summed E-state index contributed by atoms with van der Waals surface area (Å²) in [5, 5.41) is 8.76. The molecule has 22 heavy (non-hydrogen) atoms. The van der Waals surface area contributed by atoms with Crippen LogP contribution in [0.15, 0.2) is 24.8 Å². The third kappa shape index (κ3) is 3.39. The first-order valence-corrected chi connectivity index (χ1v) is 8.05. The van der Waals surface area contributed by atoms with Crippen LogP contribution in [-0.4, -0.2) is 44.2 Å². The Bertz CT molecular complexity index is 603. The minimum atomic E-state index is 0.120. The monoisotopic (exact) mass is 303 g/mol. The van der Waals surface area contributed by atoms with Crippen LogP contribution in [0, 0.1) is 0 Å². The second-order valence-electron chi connectivity index (χ2n) is 6.15. The standard InChI is InChI=1S/C16H25N5O/c1-4-20-11-15(8-17-20)16-12-19(5-6-22-16)9-14-7-18-21(10-14)13(2)3/h7-8,10-11,13,16H,4-6,9,12H2,1-3H3/t16-/m0/s1. The molecule has 2 aromatic rings. The van der Waals surface area contributed by atoms with Crippen molar-refractivity contribution in [3.8, 4) is 0 Å². The highest BCUT2D eigenvalue weighted by Gasteiger charge is 2.23. The number of aryl methyl sites for hydroxylation is 1. The predicted molar refractivity (Wildman–Crippen MR) is 84.5 cm³/mol. The van der Waals surface area contributed by atoms with Gasteiger partial charge in [0, 0.05) is 55.7 Å². The molecular formula is C16H25N5O. The molecule has 1 fully saturated rings. The molecule has 0 unspecified atom stereocenters. The van der Waals surface area contributed by atoms with E-state index in [9.17, 15) is 0 Å². The summed E-state index contributed by atoms with van der Waals surface area (Å²) < 4.78 is 9.88. The van der Waals surface area contributed by atoms with Gasteiger partial charge in [0.2, 0.25) is 0 Å². The third-order valence-corrected chi connectivity index (χ3v) is 4.09. The lowest BCUT2D eigenvalue weighted by Gasteiger charge is -2.32. The zero-order valence-corrected chi connectivity index (χ0v) is 13.6. The van der Waals surface area contributed by atoms with Crippen molar-refractivity contribution in [2.75, 3.05) is 19.7 Å². The third-order valence-electron chi connectivity index (χ3n) is 4.09. The molecule has 6 nitrogen and oxygen atoms in total. The van der Waals surface area contributed by atoms with E-state index in [1.54, 1.807) is 0 Å². The molecule has 0 amide bonds. The van der Waals surface area contributed by atoms with Crippen LogP contribution in [0.3, 0.4) is 0 Å². The van der Waals surface area contributed by atoms with E-state index < -0.39 is 0 Å². The maximum Gasteiger partial charge on any atom is 0.0982 e. The van der Waals surface area contributed by atoms with Gasteiger partial charge < -0.3 is 4.74 Å². The van der Waals surface area contributed by atoms with E-state index in [4.69, 9.17) is 4.74 Å². The Balaban J connectivity index is 1.62. The van der Waals surface area contributed by atoms with Crippen LogP contribution in [0.25, 0.3) is 0 Å². The van der Waals surface area contributed by atoms with Crippen molar-refractivity contribution in [2.45, 2.75) is 46.0 Å². The molecule has 0 radical (unpaired) electrons. The molecule has 6 heteroatoms. The normalized spacial score (nSPS) is 19.9. The maximum absolute atomic E-state index is 5.92. The second-order valence-corrected chi connectivity index (χ2v) is 6.15. The van der Waals surface area contributed by atoms with Crippen molar-refractivity contribution in [1.29, 1.82) is 0 Å². The first-order chi connectivity index (χ1) is 10.7. The average molecular weight is 303 g/mol. The summed E-state index contributed by atoms with van der Waals surface area (Å²) in [5.74, 6) is 0. The Morgan fingerprint density at radius 1 is 1.27 bits per heavy atom. The fraction of sp³-hybridized carbons (Fsp3) is 0.625. The maximum atomic E-state index is 5.92. The van der Waals surface area contributed by atoms with E-state index in [1.165, 1.54) is 11.1 Å². The van der Waals surface area contributed by atoms with Gasteiger partial charge in [-0.15, -0.1) is 0 Å². The van der Waals surface area contributed by atoms with E-state index in [2.05, 4.69) is 48.3 Å². The Labute approximate surface area is 131 Å². The Morgan fingerprint density at radius 3 is 2.82 bits per heavy atom. The van der Waals surface area contributed by atoms with Gasteiger partial charge in [-0.1, -0.05) is 0 Å². The van der Waals surface area contributed by atoms with Crippen molar-refractivity contribution in [3.05, 3.63) is 35.9 Å². The SMILES string of the molecule is CCn1cc([C@@H]2CN(Cc3cnn(C(C)C)c3)CCO2)cn1. The highest BCUT2D eigenvalue weighted by Crippen LogP contribution is 2.23. The molecule has 0 saturated carbocycles. The molecule has 1 aliphatic heterocycles. The van der Waals surface area contributed by atoms with Crippen LogP contribution in [0.1, 0.15) is 44.0 Å². The fourth-order valence-corrected chi connectivity index (χ4v) is 2.77. The van der Waals surface area contributed by atoms with Crippen LogP contribution < -0.4 is 0 Å². The molecule has 1 aliphatic rings. The average Bonchev–Trinajstić information content (AvgIpc) is 3.16. The van der Waals surface area contributed by atoms with E-state index >= 15 is 0 Å².